The van der Waals surface area contributed by atoms with Crippen LogP contribution in [0.15, 0.2) is 11.4 Å². The number of carbonyl (C=O) groups excluding carboxylic acids is 2. The van der Waals surface area contributed by atoms with Gasteiger partial charge in [-0.1, -0.05) is 0 Å². The normalized spacial score (nSPS) is 20.1. The van der Waals surface area contributed by atoms with Crippen molar-refractivity contribution in [3.63, 3.8) is 0 Å². The van der Waals surface area contributed by atoms with Gasteiger partial charge in [-0.25, -0.2) is 0 Å². The SMILES string of the molecule is O=C1CC(NC(=O)c2sccc2I)CN1. The number of amides is 2. The highest BCUT2D eigenvalue weighted by Crippen LogP contribution is 2.18. The van der Waals surface area contributed by atoms with Crippen LogP contribution < -0.4 is 10.6 Å². The number of thiophene rings is 1. The summed E-state index contributed by atoms with van der Waals surface area (Å²) in [6, 6.07) is 1.83. The molecule has 0 aromatic carbocycles. The monoisotopic (exact) mass is 336 g/mol. The third-order valence-electron chi connectivity index (χ3n) is 2.14. The predicted molar refractivity (Wildman–Crippen MR) is 65.9 cm³/mol. The van der Waals surface area contributed by atoms with Crippen LogP contribution in [0.1, 0.15) is 16.1 Å². The van der Waals surface area contributed by atoms with Crippen LogP contribution in [0.5, 0.6) is 0 Å². The molecule has 2 rings (SSSR count). The van der Waals surface area contributed by atoms with Gasteiger partial charge in [0.15, 0.2) is 0 Å². The highest BCUT2D eigenvalue weighted by atomic mass is 127. The van der Waals surface area contributed by atoms with E-state index in [0.717, 1.165) is 8.45 Å². The summed E-state index contributed by atoms with van der Waals surface area (Å²) >= 11 is 3.55. The van der Waals surface area contributed by atoms with Gasteiger partial charge < -0.3 is 10.6 Å². The van der Waals surface area contributed by atoms with Gasteiger partial charge in [-0.15, -0.1) is 11.3 Å². The molecular weight excluding hydrogens is 327 g/mol. The summed E-state index contributed by atoms with van der Waals surface area (Å²) in [4.78, 5) is 23.4. The van der Waals surface area contributed by atoms with E-state index in [9.17, 15) is 9.59 Å². The number of nitrogens with one attached hydrogen (secondary N) is 2. The average molecular weight is 336 g/mol. The van der Waals surface area contributed by atoms with Crippen LogP contribution in [0.25, 0.3) is 0 Å². The van der Waals surface area contributed by atoms with Gasteiger partial charge in [-0.3, -0.25) is 9.59 Å². The van der Waals surface area contributed by atoms with Crippen molar-refractivity contribution in [2.75, 3.05) is 6.54 Å². The highest BCUT2D eigenvalue weighted by molar-refractivity contribution is 14.1. The van der Waals surface area contributed by atoms with E-state index in [-0.39, 0.29) is 17.9 Å². The van der Waals surface area contributed by atoms with Crippen LogP contribution in [-0.4, -0.2) is 24.4 Å². The summed E-state index contributed by atoms with van der Waals surface area (Å²) in [6.45, 7) is 0.534. The largest absolute Gasteiger partial charge is 0.354 e. The highest BCUT2D eigenvalue weighted by Gasteiger charge is 2.24. The number of hydrogen-bond donors (Lipinski definition) is 2. The molecule has 6 heteroatoms. The minimum absolute atomic E-state index is 0.00109. The molecule has 0 radical (unpaired) electrons. The van der Waals surface area contributed by atoms with E-state index < -0.39 is 0 Å². The molecule has 1 fully saturated rings. The van der Waals surface area contributed by atoms with Crippen molar-refractivity contribution in [2.24, 2.45) is 0 Å². The lowest BCUT2D eigenvalue weighted by atomic mass is 10.2. The molecule has 80 valence electrons. The second kappa shape index (κ2) is 4.48. The Morgan fingerprint density at radius 3 is 3.00 bits per heavy atom. The first-order valence-corrected chi connectivity index (χ1v) is 6.43. The third kappa shape index (κ3) is 2.49. The molecule has 1 aromatic rings. The van der Waals surface area contributed by atoms with Gasteiger partial charge in [0.05, 0.1) is 6.04 Å². The minimum atomic E-state index is -0.0871. The maximum absolute atomic E-state index is 11.7. The van der Waals surface area contributed by atoms with Crippen molar-refractivity contribution in [1.82, 2.24) is 10.6 Å². The molecule has 4 nitrogen and oxygen atoms in total. The standard InChI is InChI=1S/C9H9IN2O2S/c10-6-1-2-15-8(6)9(14)12-5-3-7(13)11-4-5/h1-2,5H,3-4H2,(H,11,13)(H,12,14). The lowest BCUT2D eigenvalue weighted by Crippen LogP contribution is -2.36. The average Bonchev–Trinajstić information content (AvgIpc) is 2.75. The smallest absolute Gasteiger partial charge is 0.262 e. The van der Waals surface area contributed by atoms with Crippen LogP contribution >= 0.6 is 33.9 Å². The zero-order valence-corrected chi connectivity index (χ0v) is 10.7. The molecule has 2 N–H and O–H groups in total. The Kier molecular flexibility index (Phi) is 3.25. The molecule has 0 aliphatic carbocycles. The number of hydrogen-bond acceptors (Lipinski definition) is 3. The van der Waals surface area contributed by atoms with Crippen molar-refractivity contribution in [3.05, 3.63) is 19.9 Å². The van der Waals surface area contributed by atoms with Crippen molar-refractivity contribution >= 4 is 45.7 Å². The summed E-state index contributed by atoms with van der Waals surface area (Å²) in [5.74, 6) is -0.0860. The van der Waals surface area contributed by atoms with Gasteiger partial charge in [0, 0.05) is 16.5 Å². The molecule has 1 saturated heterocycles. The first-order valence-electron chi connectivity index (χ1n) is 4.47. The van der Waals surface area contributed by atoms with Crippen LogP contribution in [0, 0.1) is 3.57 Å². The molecule has 1 unspecified atom stereocenters. The second-order valence-corrected chi connectivity index (χ2v) is 5.35. The Morgan fingerprint density at radius 1 is 1.67 bits per heavy atom. The van der Waals surface area contributed by atoms with Gasteiger partial charge in [-0.05, 0) is 34.0 Å². The fraction of sp³-hybridized carbons (Fsp3) is 0.333. The minimum Gasteiger partial charge on any atom is -0.354 e. The van der Waals surface area contributed by atoms with Crippen LogP contribution in [0.2, 0.25) is 0 Å². The van der Waals surface area contributed by atoms with E-state index in [4.69, 9.17) is 0 Å². The number of carbonyl (C=O) groups is 2. The topological polar surface area (TPSA) is 58.2 Å². The molecule has 2 amide bonds. The molecule has 2 heterocycles. The Balaban J connectivity index is 1.98. The third-order valence-corrected chi connectivity index (χ3v) is 4.31. The van der Waals surface area contributed by atoms with Gasteiger partial charge in [0.25, 0.3) is 5.91 Å². The van der Waals surface area contributed by atoms with Crippen molar-refractivity contribution in [2.45, 2.75) is 12.5 Å². The Morgan fingerprint density at radius 2 is 2.47 bits per heavy atom. The van der Waals surface area contributed by atoms with Gasteiger partial charge >= 0.3 is 0 Å². The van der Waals surface area contributed by atoms with Gasteiger partial charge in [-0.2, -0.15) is 0 Å². The fourth-order valence-corrected chi connectivity index (χ4v) is 3.15. The molecular formula is C9H9IN2O2S. The van der Waals surface area contributed by atoms with Crippen LogP contribution in [-0.2, 0) is 4.79 Å². The molecule has 1 aromatic heterocycles. The lowest BCUT2D eigenvalue weighted by molar-refractivity contribution is -0.119. The summed E-state index contributed by atoms with van der Waals surface area (Å²) in [7, 11) is 0. The summed E-state index contributed by atoms with van der Waals surface area (Å²) in [5.41, 5.74) is 0. The Bertz CT molecular complexity index is 405. The van der Waals surface area contributed by atoms with E-state index >= 15 is 0 Å². The Labute approximate surface area is 105 Å². The number of halogens is 1. The quantitative estimate of drug-likeness (QED) is 0.791. The summed E-state index contributed by atoms with van der Waals surface area (Å²) in [5, 5.41) is 7.40. The second-order valence-electron chi connectivity index (χ2n) is 3.28. The van der Waals surface area contributed by atoms with E-state index in [1.54, 1.807) is 0 Å². The maximum Gasteiger partial charge on any atom is 0.262 e. The Hall–Kier alpha value is -0.630. The fourth-order valence-electron chi connectivity index (χ4n) is 1.41. The zero-order chi connectivity index (χ0) is 10.8. The van der Waals surface area contributed by atoms with E-state index in [0.29, 0.717) is 13.0 Å². The van der Waals surface area contributed by atoms with E-state index in [2.05, 4.69) is 33.2 Å². The molecule has 15 heavy (non-hydrogen) atoms. The van der Waals surface area contributed by atoms with Gasteiger partial charge in [0.1, 0.15) is 4.88 Å². The van der Waals surface area contributed by atoms with Crippen molar-refractivity contribution in [3.8, 4) is 0 Å². The molecule has 0 saturated carbocycles. The first-order chi connectivity index (χ1) is 7.16. The van der Waals surface area contributed by atoms with Crippen LogP contribution in [0.3, 0.4) is 0 Å². The molecule has 1 aliphatic heterocycles. The lowest BCUT2D eigenvalue weighted by Gasteiger charge is -2.09. The zero-order valence-electron chi connectivity index (χ0n) is 7.75. The molecule has 1 atom stereocenters. The van der Waals surface area contributed by atoms with E-state index in [1.807, 2.05) is 11.4 Å². The first kappa shape index (κ1) is 10.9. The van der Waals surface area contributed by atoms with Gasteiger partial charge in [0.2, 0.25) is 5.91 Å². The molecule has 0 spiro atoms. The molecule has 0 bridgehead atoms. The summed E-state index contributed by atoms with van der Waals surface area (Å²) < 4.78 is 0.951. The van der Waals surface area contributed by atoms with Crippen molar-refractivity contribution < 1.29 is 9.59 Å². The predicted octanol–water partition coefficient (Wildman–Crippen LogP) is 0.971. The number of rotatable bonds is 2. The molecule has 1 aliphatic rings. The van der Waals surface area contributed by atoms with Crippen LogP contribution in [0.4, 0.5) is 0 Å². The van der Waals surface area contributed by atoms with E-state index in [1.165, 1.54) is 11.3 Å². The summed E-state index contributed by atoms with van der Waals surface area (Å²) in [6.07, 6.45) is 0.383. The van der Waals surface area contributed by atoms with Crippen molar-refractivity contribution in [1.29, 1.82) is 0 Å². The maximum atomic E-state index is 11.7.